The van der Waals surface area contributed by atoms with Crippen LogP contribution in [0.15, 0.2) is 53.7 Å². The van der Waals surface area contributed by atoms with Gasteiger partial charge in [0.2, 0.25) is 5.91 Å². The lowest BCUT2D eigenvalue weighted by Gasteiger charge is -2.08. The van der Waals surface area contributed by atoms with Crippen molar-refractivity contribution in [1.29, 1.82) is 0 Å². The predicted molar refractivity (Wildman–Crippen MR) is 110 cm³/mol. The first-order chi connectivity index (χ1) is 13.4. The maximum atomic E-state index is 12.2. The summed E-state index contributed by atoms with van der Waals surface area (Å²) in [5.74, 6) is 0.0500. The van der Waals surface area contributed by atoms with Gasteiger partial charge in [0.25, 0.3) is 5.91 Å². The summed E-state index contributed by atoms with van der Waals surface area (Å²) in [5.41, 5.74) is 7.05. The van der Waals surface area contributed by atoms with Crippen LogP contribution in [0, 0.1) is 0 Å². The van der Waals surface area contributed by atoms with Crippen molar-refractivity contribution < 1.29 is 9.59 Å². The summed E-state index contributed by atoms with van der Waals surface area (Å²) in [4.78, 5) is 23.7. The van der Waals surface area contributed by atoms with Crippen molar-refractivity contribution in [2.24, 2.45) is 12.8 Å². The molecule has 3 rings (SSSR count). The molecule has 0 saturated carbocycles. The standard InChI is InChI=1S/C19H18ClN5O2S/c1-25-16(10-12-6-8-13(20)9-7-12)23-24-19(25)28-11-17(26)22-15-5-3-2-4-14(15)18(21)27/h2-9H,10-11H2,1H3,(H2,21,27)(H,22,26). The molecule has 0 unspecified atom stereocenters. The highest BCUT2D eigenvalue weighted by Gasteiger charge is 2.14. The Balaban J connectivity index is 1.61. The Morgan fingerprint density at radius 3 is 2.57 bits per heavy atom. The Morgan fingerprint density at radius 1 is 1.14 bits per heavy atom. The van der Waals surface area contributed by atoms with Gasteiger partial charge in [0.05, 0.1) is 17.0 Å². The van der Waals surface area contributed by atoms with E-state index in [1.54, 1.807) is 24.3 Å². The molecule has 2 aromatic carbocycles. The van der Waals surface area contributed by atoms with Gasteiger partial charge >= 0.3 is 0 Å². The highest BCUT2D eigenvalue weighted by molar-refractivity contribution is 7.99. The monoisotopic (exact) mass is 415 g/mol. The van der Waals surface area contributed by atoms with Gasteiger partial charge in [0.1, 0.15) is 5.82 Å². The highest BCUT2D eigenvalue weighted by atomic mass is 35.5. The summed E-state index contributed by atoms with van der Waals surface area (Å²) in [7, 11) is 1.86. The summed E-state index contributed by atoms with van der Waals surface area (Å²) in [5, 5.41) is 12.4. The van der Waals surface area contributed by atoms with Crippen LogP contribution in [-0.2, 0) is 18.3 Å². The van der Waals surface area contributed by atoms with Crippen LogP contribution in [-0.4, -0.2) is 32.3 Å². The van der Waals surface area contributed by atoms with Crippen LogP contribution >= 0.6 is 23.4 Å². The molecule has 0 saturated heterocycles. The van der Waals surface area contributed by atoms with E-state index in [9.17, 15) is 9.59 Å². The summed E-state index contributed by atoms with van der Waals surface area (Å²) < 4.78 is 1.85. The van der Waals surface area contributed by atoms with Crippen molar-refractivity contribution in [2.75, 3.05) is 11.1 Å². The summed E-state index contributed by atoms with van der Waals surface area (Å²) in [6.07, 6.45) is 0.611. The minimum absolute atomic E-state index is 0.125. The number of rotatable bonds is 7. The summed E-state index contributed by atoms with van der Waals surface area (Å²) in [6.45, 7) is 0. The van der Waals surface area contributed by atoms with E-state index < -0.39 is 5.91 Å². The fourth-order valence-corrected chi connectivity index (χ4v) is 3.39. The molecule has 0 spiro atoms. The van der Waals surface area contributed by atoms with Gasteiger partial charge in [-0.15, -0.1) is 10.2 Å². The molecule has 0 bridgehead atoms. The third-order valence-corrected chi connectivity index (χ3v) is 5.27. The van der Waals surface area contributed by atoms with Gasteiger partial charge in [-0.1, -0.05) is 47.6 Å². The van der Waals surface area contributed by atoms with Crippen LogP contribution in [0.5, 0.6) is 0 Å². The molecular formula is C19H18ClN5O2S. The molecule has 7 nitrogen and oxygen atoms in total. The van der Waals surface area contributed by atoms with Crippen molar-refractivity contribution in [3.05, 3.63) is 70.5 Å². The second-order valence-corrected chi connectivity index (χ2v) is 7.39. The number of thioether (sulfide) groups is 1. The van der Waals surface area contributed by atoms with Crippen molar-refractivity contribution in [3.8, 4) is 0 Å². The molecule has 28 heavy (non-hydrogen) atoms. The third-order valence-electron chi connectivity index (χ3n) is 4.00. The number of aromatic nitrogens is 3. The van der Waals surface area contributed by atoms with Gasteiger partial charge in [0, 0.05) is 18.5 Å². The topological polar surface area (TPSA) is 103 Å². The van der Waals surface area contributed by atoms with Gasteiger partial charge in [-0.2, -0.15) is 0 Å². The maximum absolute atomic E-state index is 12.2. The molecule has 3 N–H and O–H groups in total. The Hall–Kier alpha value is -2.84. The Morgan fingerprint density at radius 2 is 1.86 bits per heavy atom. The number of hydrogen-bond donors (Lipinski definition) is 2. The van der Waals surface area contributed by atoms with Gasteiger partial charge < -0.3 is 15.6 Å². The number of nitrogens with two attached hydrogens (primary N) is 1. The lowest BCUT2D eigenvalue weighted by molar-refractivity contribution is -0.113. The number of anilines is 1. The van der Waals surface area contributed by atoms with Crippen molar-refractivity contribution >= 4 is 40.9 Å². The number of benzene rings is 2. The number of nitrogens with zero attached hydrogens (tertiary/aromatic N) is 3. The molecule has 144 valence electrons. The second-order valence-electron chi connectivity index (χ2n) is 6.01. The zero-order chi connectivity index (χ0) is 20.1. The quantitative estimate of drug-likeness (QED) is 0.577. The van der Waals surface area contributed by atoms with Crippen LogP contribution in [0.2, 0.25) is 5.02 Å². The molecule has 3 aromatic rings. The van der Waals surface area contributed by atoms with Crippen LogP contribution in [0.4, 0.5) is 5.69 Å². The normalized spacial score (nSPS) is 10.6. The summed E-state index contributed by atoms with van der Waals surface area (Å²) >= 11 is 7.17. The molecule has 0 aliphatic carbocycles. The molecule has 0 fully saturated rings. The average Bonchev–Trinajstić information content (AvgIpc) is 3.02. The lowest BCUT2D eigenvalue weighted by Crippen LogP contribution is -2.19. The molecule has 1 heterocycles. The SMILES string of the molecule is Cn1c(Cc2ccc(Cl)cc2)nnc1SCC(=O)Nc1ccccc1C(N)=O. The summed E-state index contributed by atoms with van der Waals surface area (Å²) in [6, 6.07) is 14.1. The molecule has 0 radical (unpaired) electrons. The van der Waals surface area contributed by atoms with E-state index in [-0.39, 0.29) is 17.2 Å². The van der Waals surface area contributed by atoms with Crippen LogP contribution < -0.4 is 11.1 Å². The van der Waals surface area contributed by atoms with E-state index in [1.807, 2.05) is 35.9 Å². The van der Waals surface area contributed by atoms with E-state index in [2.05, 4.69) is 15.5 Å². The van der Waals surface area contributed by atoms with Gasteiger partial charge in [0.15, 0.2) is 5.16 Å². The lowest BCUT2D eigenvalue weighted by atomic mass is 10.1. The fraction of sp³-hybridized carbons (Fsp3) is 0.158. The van der Waals surface area contributed by atoms with Crippen LogP contribution in [0.3, 0.4) is 0 Å². The number of hydrogen-bond acceptors (Lipinski definition) is 5. The van der Waals surface area contributed by atoms with E-state index in [0.29, 0.717) is 22.3 Å². The molecule has 0 atom stereocenters. The smallest absolute Gasteiger partial charge is 0.250 e. The Kier molecular flexibility index (Phi) is 6.33. The van der Waals surface area contributed by atoms with Gasteiger partial charge in [-0.3, -0.25) is 9.59 Å². The first kappa shape index (κ1) is 19.9. The number of halogens is 1. The van der Waals surface area contributed by atoms with Crippen molar-refractivity contribution in [3.63, 3.8) is 0 Å². The molecular weight excluding hydrogens is 398 g/mol. The Bertz CT molecular complexity index is 1000. The molecule has 0 aliphatic rings. The first-order valence-electron chi connectivity index (χ1n) is 8.38. The largest absolute Gasteiger partial charge is 0.366 e. The number of amides is 2. The number of nitrogens with one attached hydrogen (secondary N) is 1. The fourth-order valence-electron chi connectivity index (χ4n) is 2.53. The van der Waals surface area contributed by atoms with E-state index in [0.717, 1.165) is 11.4 Å². The first-order valence-corrected chi connectivity index (χ1v) is 9.74. The van der Waals surface area contributed by atoms with E-state index in [1.165, 1.54) is 11.8 Å². The zero-order valence-electron chi connectivity index (χ0n) is 15.1. The molecule has 2 amide bonds. The van der Waals surface area contributed by atoms with Crippen LogP contribution in [0.1, 0.15) is 21.7 Å². The number of carbonyl (C=O) groups excluding carboxylic acids is 2. The number of primary amides is 1. The highest BCUT2D eigenvalue weighted by Crippen LogP contribution is 2.20. The zero-order valence-corrected chi connectivity index (χ0v) is 16.6. The maximum Gasteiger partial charge on any atom is 0.250 e. The van der Waals surface area contributed by atoms with E-state index >= 15 is 0 Å². The van der Waals surface area contributed by atoms with Crippen molar-refractivity contribution in [2.45, 2.75) is 11.6 Å². The van der Waals surface area contributed by atoms with Crippen molar-refractivity contribution in [1.82, 2.24) is 14.8 Å². The van der Waals surface area contributed by atoms with Gasteiger partial charge in [-0.25, -0.2) is 0 Å². The number of para-hydroxylation sites is 1. The average molecular weight is 416 g/mol. The minimum Gasteiger partial charge on any atom is -0.366 e. The molecule has 9 heteroatoms. The predicted octanol–water partition coefficient (Wildman–Crippen LogP) is 2.89. The second kappa shape index (κ2) is 8.90. The Labute approximate surface area is 171 Å². The molecule has 0 aliphatic heterocycles. The van der Waals surface area contributed by atoms with Crippen LogP contribution in [0.25, 0.3) is 0 Å². The van der Waals surface area contributed by atoms with E-state index in [4.69, 9.17) is 17.3 Å². The molecule has 1 aromatic heterocycles. The number of carbonyl (C=O) groups is 2. The minimum atomic E-state index is -0.594. The van der Waals surface area contributed by atoms with Gasteiger partial charge in [-0.05, 0) is 29.8 Å². The third kappa shape index (κ3) is 4.90.